The topological polar surface area (TPSA) is 58.1 Å². The van der Waals surface area contributed by atoms with Gasteiger partial charge >= 0.3 is 0 Å². The number of hydrogen-bond acceptors (Lipinski definition) is 3. The van der Waals surface area contributed by atoms with Gasteiger partial charge in [-0.25, -0.2) is 0 Å². The Bertz CT molecular complexity index is 1070. The summed E-state index contributed by atoms with van der Waals surface area (Å²) in [6, 6.07) is 15.0. The van der Waals surface area contributed by atoms with Gasteiger partial charge in [0.15, 0.2) is 4.77 Å². The van der Waals surface area contributed by atoms with Gasteiger partial charge in [-0.15, -0.1) is 0 Å². The van der Waals surface area contributed by atoms with E-state index in [0.717, 1.165) is 17.7 Å². The van der Waals surface area contributed by atoms with Crippen LogP contribution in [0, 0.1) is 4.77 Å². The maximum atomic E-state index is 12.7. The molecule has 0 unspecified atom stereocenters. The van der Waals surface area contributed by atoms with Crippen molar-refractivity contribution in [1.82, 2.24) is 9.55 Å². The molecule has 0 bridgehead atoms. The van der Waals surface area contributed by atoms with Crippen molar-refractivity contribution in [1.29, 1.82) is 0 Å². The van der Waals surface area contributed by atoms with Gasteiger partial charge in [-0.1, -0.05) is 30.3 Å². The van der Waals surface area contributed by atoms with Gasteiger partial charge in [-0.2, -0.15) is 0 Å². The molecule has 0 aliphatic carbocycles. The van der Waals surface area contributed by atoms with Gasteiger partial charge in [-0.3, -0.25) is 14.2 Å². The summed E-state index contributed by atoms with van der Waals surface area (Å²) in [4.78, 5) is 30.1. The highest BCUT2D eigenvalue weighted by molar-refractivity contribution is 7.71. The minimum Gasteiger partial charge on any atom is -0.332 e. The molecule has 0 saturated heterocycles. The Kier molecular flexibility index (Phi) is 3.54. The number of para-hydroxylation sites is 2. The molecule has 6 heteroatoms. The molecule has 1 aliphatic heterocycles. The summed E-state index contributed by atoms with van der Waals surface area (Å²) in [5.41, 5.74) is 2.52. The lowest BCUT2D eigenvalue weighted by Gasteiger charge is -2.18. The molecule has 1 N–H and O–H groups in total. The maximum Gasteiger partial charge on any atom is 0.262 e. The van der Waals surface area contributed by atoms with Crippen LogP contribution in [0.15, 0.2) is 53.3 Å². The number of hydrogen-bond donors (Lipinski definition) is 1. The second kappa shape index (κ2) is 5.72. The van der Waals surface area contributed by atoms with Gasteiger partial charge < -0.3 is 9.88 Å². The Hall–Kier alpha value is -2.73. The molecule has 2 heterocycles. The predicted octanol–water partition coefficient (Wildman–Crippen LogP) is 2.65. The monoisotopic (exact) mass is 337 g/mol. The molecule has 0 spiro atoms. The molecule has 1 amide bonds. The number of aromatic nitrogens is 2. The summed E-state index contributed by atoms with van der Waals surface area (Å²) in [7, 11) is 0. The highest BCUT2D eigenvalue weighted by Gasteiger charge is 2.24. The average molecular weight is 337 g/mol. The van der Waals surface area contributed by atoms with Crippen molar-refractivity contribution in [2.45, 2.75) is 13.0 Å². The van der Waals surface area contributed by atoms with Crippen molar-refractivity contribution in [3.63, 3.8) is 0 Å². The number of H-pyrrole nitrogens is 1. The fourth-order valence-corrected chi connectivity index (χ4v) is 3.42. The molecule has 1 aliphatic rings. The summed E-state index contributed by atoms with van der Waals surface area (Å²) in [6.07, 6.45) is 0.835. The number of fused-ring (bicyclic) bond motifs is 2. The first-order chi connectivity index (χ1) is 11.6. The maximum absolute atomic E-state index is 12.7. The van der Waals surface area contributed by atoms with Crippen LogP contribution in [0.4, 0.5) is 5.69 Å². The normalized spacial score (nSPS) is 13.2. The van der Waals surface area contributed by atoms with Crippen LogP contribution < -0.4 is 10.5 Å². The fourth-order valence-electron chi connectivity index (χ4n) is 3.16. The molecule has 4 rings (SSSR count). The summed E-state index contributed by atoms with van der Waals surface area (Å²) in [6.45, 7) is 0.574. The molecule has 24 heavy (non-hydrogen) atoms. The first-order valence-corrected chi connectivity index (χ1v) is 8.16. The SMILES string of the molecule is O=C(Cn1c(=S)[nH]c2ccccc2c1=O)N1CCc2ccccc21. The van der Waals surface area contributed by atoms with Gasteiger partial charge in [0.05, 0.1) is 10.9 Å². The highest BCUT2D eigenvalue weighted by atomic mass is 32.1. The molecule has 3 aromatic rings. The largest absolute Gasteiger partial charge is 0.332 e. The summed E-state index contributed by atoms with van der Waals surface area (Å²) in [5.74, 6) is -0.128. The molecule has 0 saturated carbocycles. The quantitative estimate of drug-likeness (QED) is 0.732. The van der Waals surface area contributed by atoms with E-state index in [1.807, 2.05) is 30.3 Å². The van der Waals surface area contributed by atoms with E-state index in [1.165, 1.54) is 4.57 Å². The van der Waals surface area contributed by atoms with Crippen LogP contribution in [0.3, 0.4) is 0 Å². The van der Waals surface area contributed by atoms with E-state index in [9.17, 15) is 9.59 Å². The van der Waals surface area contributed by atoms with Gasteiger partial charge in [0.1, 0.15) is 6.54 Å². The number of benzene rings is 2. The van der Waals surface area contributed by atoms with Crippen molar-refractivity contribution in [2.24, 2.45) is 0 Å². The number of anilines is 1. The Morgan fingerprint density at radius 3 is 2.75 bits per heavy atom. The number of nitrogens with zero attached hydrogens (tertiary/aromatic N) is 2. The molecule has 0 radical (unpaired) electrons. The van der Waals surface area contributed by atoms with Crippen LogP contribution in [-0.4, -0.2) is 22.0 Å². The number of carbonyl (C=O) groups excluding carboxylic acids is 1. The Morgan fingerprint density at radius 2 is 1.88 bits per heavy atom. The van der Waals surface area contributed by atoms with Crippen molar-refractivity contribution >= 4 is 34.7 Å². The third-order valence-electron chi connectivity index (χ3n) is 4.37. The van der Waals surface area contributed by atoms with Crippen molar-refractivity contribution < 1.29 is 4.79 Å². The second-order valence-corrected chi connectivity index (χ2v) is 6.18. The lowest BCUT2D eigenvalue weighted by atomic mass is 10.2. The molecule has 0 atom stereocenters. The standard InChI is InChI=1S/C18H15N3O2S/c22-16(20-10-9-12-5-1-4-8-15(12)20)11-21-17(23)13-6-2-3-7-14(13)19-18(21)24/h1-8H,9-11H2,(H,19,24). The van der Waals surface area contributed by atoms with Gasteiger partial charge in [0.2, 0.25) is 5.91 Å². The summed E-state index contributed by atoms with van der Waals surface area (Å²) in [5, 5.41) is 0.528. The van der Waals surface area contributed by atoms with Crippen LogP contribution in [0.25, 0.3) is 10.9 Å². The van der Waals surface area contributed by atoms with Gasteiger partial charge in [0, 0.05) is 12.2 Å². The molecule has 0 fully saturated rings. The number of rotatable bonds is 2. The zero-order valence-corrected chi connectivity index (χ0v) is 13.7. The minimum atomic E-state index is -0.241. The number of carbonyl (C=O) groups is 1. The number of nitrogens with one attached hydrogen (secondary N) is 1. The summed E-state index contributed by atoms with van der Waals surface area (Å²) >= 11 is 5.27. The third-order valence-corrected chi connectivity index (χ3v) is 4.69. The highest BCUT2D eigenvalue weighted by Crippen LogP contribution is 2.27. The van der Waals surface area contributed by atoms with Crippen molar-refractivity contribution in [3.8, 4) is 0 Å². The zero-order valence-electron chi connectivity index (χ0n) is 12.9. The average Bonchev–Trinajstić information content (AvgIpc) is 3.02. The molecule has 2 aromatic carbocycles. The molecule has 120 valence electrons. The van der Waals surface area contributed by atoms with Crippen LogP contribution in [0.1, 0.15) is 5.56 Å². The summed E-state index contributed by atoms with van der Waals surface area (Å²) < 4.78 is 1.60. The Balaban J connectivity index is 1.72. The predicted molar refractivity (Wildman–Crippen MR) is 95.9 cm³/mol. The van der Waals surface area contributed by atoms with Crippen molar-refractivity contribution in [3.05, 3.63) is 69.2 Å². The first kappa shape index (κ1) is 14.8. The second-order valence-electron chi connectivity index (χ2n) is 5.79. The lowest BCUT2D eigenvalue weighted by Crippen LogP contribution is -2.36. The minimum absolute atomic E-state index is 0.0622. The van der Waals surface area contributed by atoms with Crippen LogP contribution >= 0.6 is 12.2 Å². The Morgan fingerprint density at radius 1 is 1.12 bits per heavy atom. The smallest absolute Gasteiger partial charge is 0.262 e. The van der Waals surface area contributed by atoms with E-state index in [0.29, 0.717) is 17.4 Å². The van der Waals surface area contributed by atoms with E-state index in [2.05, 4.69) is 4.98 Å². The number of aromatic amines is 1. The van der Waals surface area contributed by atoms with Crippen molar-refractivity contribution in [2.75, 3.05) is 11.4 Å². The first-order valence-electron chi connectivity index (χ1n) is 7.75. The van der Waals surface area contributed by atoms with Gasteiger partial charge in [-0.05, 0) is 42.4 Å². The van der Waals surface area contributed by atoms with E-state index >= 15 is 0 Å². The Labute approximate surface area is 143 Å². The van der Waals surface area contributed by atoms with Gasteiger partial charge in [0.25, 0.3) is 5.56 Å². The molecule has 1 aromatic heterocycles. The molecular weight excluding hydrogens is 322 g/mol. The van der Waals surface area contributed by atoms with Crippen LogP contribution in [0.2, 0.25) is 0 Å². The third kappa shape index (κ3) is 2.35. The number of amides is 1. The van der Waals surface area contributed by atoms with E-state index < -0.39 is 0 Å². The van der Waals surface area contributed by atoms with E-state index in [-0.39, 0.29) is 22.8 Å². The van der Waals surface area contributed by atoms with E-state index in [4.69, 9.17) is 12.2 Å². The fraction of sp³-hybridized carbons (Fsp3) is 0.167. The van der Waals surface area contributed by atoms with E-state index in [1.54, 1.807) is 23.1 Å². The van der Waals surface area contributed by atoms with Crippen LogP contribution in [-0.2, 0) is 17.8 Å². The zero-order chi connectivity index (χ0) is 16.7. The molecular formula is C18H15N3O2S. The molecule has 5 nitrogen and oxygen atoms in total. The van der Waals surface area contributed by atoms with Crippen LogP contribution in [0.5, 0.6) is 0 Å². The lowest BCUT2D eigenvalue weighted by molar-refractivity contribution is -0.119.